The Balaban J connectivity index is -0.0000000267. The van der Waals surface area contributed by atoms with Gasteiger partial charge < -0.3 is 19.2 Å². The smallest absolute Gasteiger partial charge is 0.368 e. The van der Waals surface area contributed by atoms with Crippen molar-refractivity contribution in [2.45, 2.75) is 0 Å². The van der Waals surface area contributed by atoms with Crippen molar-refractivity contribution in [3.63, 3.8) is 0 Å². The van der Waals surface area contributed by atoms with E-state index in [2.05, 4.69) is 0 Å². The van der Waals surface area contributed by atoms with Gasteiger partial charge in [-0.2, -0.15) is 8.42 Å². The fourth-order valence-electron chi connectivity index (χ4n) is 0. The van der Waals surface area contributed by atoms with E-state index < -0.39 is 19.4 Å². The molecule has 0 aliphatic heterocycles. The van der Waals surface area contributed by atoms with Crippen molar-refractivity contribution in [2.24, 2.45) is 0 Å². The van der Waals surface area contributed by atoms with Gasteiger partial charge in [0, 0.05) is 52.7 Å². The van der Waals surface area contributed by atoms with Gasteiger partial charge in [0.15, 0.2) is 17.4 Å². The third-order valence-corrected chi connectivity index (χ3v) is 0. The molecular formula is H9AlFeLaO8SSi. The van der Waals surface area contributed by atoms with E-state index in [1.807, 2.05) is 0 Å². The molecule has 0 saturated carbocycles. The van der Waals surface area contributed by atoms with Crippen molar-refractivity contribution in [1.82, 2.24) is 0 Å². The fourth-order valence-corrected chi connectivity index (χ4v) is 0. The van der Waals surface area contributed by atoms with Gasteiger partial charge >= 0.3 is 19.4 Å². The maximum Gasteiger partial charge on any atom is 0.668 e. The van der Waals surface area contributed by atoms with Gasteiger partial charge in [-0.3, -0.25) is 9.11 Å². The van der Waals surface area contributed by atoms with E-state index in [0.717, 1.165) is 0 Å². The molecule has 0 aromatic heterocycles. The van der Waals surface area contributed by atoms with E-state index >= 15 is 0 Å². The third-order valence-electron chi connectivity index (χ3n) is 0. The van der Waals surface area contributed by atoms with Gasteiger partial charge in [0.25, 0.3) is 0 Å². The summed E-state index contributed by atoms with van der Waals surface area (Å²) < 4.78 is 31.6. The minimum Gasteiger partial charge on any atom is -0.368 e. The summed E-state index contributed by atoms with van der Waals surface area (Å²) >= 11 is 0. The summed E-state index contributed by atoms with van der Waals surface area (Å²) in [7, 11) is -9.28. The summed E-state index contributed by atoms with van der Waals surface area (Å²) in [5.41, 5.74) is 0. The zero-order chi connectivity index (χ0) is 9.00. The Kier molecular flexibility index (Phi) is 27.7. The van der Waals surface area contributed by atoms with Crippen LogP contribution in [0.5, 0.6) is 0 Å². The van der Waals surface area contributed by atoms with Crippen molar-refractivity contribution >= 4 is 36.8 Å². The molecular weight excluding hydrogens is 410 g/mol. The third kappa shape index (κ3) is 445. The first-order chi connectivity index (χ1) is 4.00. The van der Waals surface area contributed by atoms with E-state index in [4.69, 9.17) is 36.7 Å². The van der Waals surface area contributed by atoms with Crippen LogP contribution in [0.2, 0.25) is 0 Å². The van der Waals surface area contributed by atoms with Crippen LogP contribution >= 0.6 is 0 Å². The standard InChI is InChI=1S/Al.Fe.La.H2O4S.H4O4Si.3H/c;;;2*1-5(2,3)4;;;/h;;;(H2,1,2,3,4);1-4H;;;. The zero-order valence-corrected chi connectivity index (χ0v) is 11.9. The average Bonchev–Trinajstić information content (AvgIpc) is 1.12. The SMILES string of the molecule is O=S(=O)(O)O.O[Si](O)(O)O.[AlH3].[Fe].[La]. The molecule has 1 radical (unpaired) electrons. The maximum atomic E-state index is 8.74. The van der Waals surface area contributed by atoms with Crippen LogP contribution in [0.3, 0.4) is 0 Å². The molecule has 0 saturated heterocycles. The van der Waals surface area contributed by atoms with E-state index in [-0.39, 0.29) is 70.0 Å². The quantitative estimate of drug-likeness (QED) is 0.170. The average molecular weight is 419 g/mol. The van der Waals surface area contributed by atoms with Crippen LogP contribution in [0.15, 0.2) is 0 Å². The number of hydrogen-bond donors (Lipinski definition) is 6. The Morgan fingerprint density at radius 1 is 0.923 bits per heavy atom. The summed E-state index contributed by atoms with van der Waals surface area (Å²) in [6, 6.07) is 0. The summed E-state index contributed by atoms with van der Waals surface area (Å²) in [5, 5.41) is 0. The first kappa shape index (κ1) is 29.5. The van der Waals surface area contributed by atoms with Crippen molar-refractivity contribution in [2.75, 3.05) is 0 Å². The fraction of sp³-hybridized carbons (Fsp3) is 0. The molecule has 13 heavy (non-hydrogen) atoms. The summed E-state index contributed by atoms with van der Waals surface area (Å²) in [6.45, 7) is 0. The molecule has 0 rings (SSSR count). The van der Waals surface area contributed by atoms with Gasteiger partial charge in [-0.15, -0.1) is 0 Å². The Bertz CT molecular complexity index is 159. The Morgan fingerprint density at radius 2 is 0.923 bits per heavy atom. The van der Waals surface area contributed by atoms with Gasteiger partial charge in [0.2, 0.25) is 0 Å². The van der Waals surface area contributed by atoms with Crippen LogP contribution in [0, 0.1) is 35.6 Å². The molecule has 0 unspecified atom stereocenters. The van der Waals surface area contributed by atoms with Gasteiger partial charge in [0.05, 0.1) is 0 Å². The Labute approximate surface area is 125 Å². The molecule has 8 nitrogen and oxygen atoms in total. The Morgan fingerprint density at radius 3 is 0.923 bits per heavy atom. The molecule has 6 N–H and O–H groups in total. The van der Waals surface area contributed by atoms with E-state index in [9.17, 15) is 0 Å². The molecule has 0 spiro atoms. The van der Waals surface area contributed by atoms with Crippen molar-refractivity contribution in [3.05, 3.63) is 0 Å². The zero-order valence-electron chi connectivity index (χ0n) is 5.34. The largest absolute Gasteiger partial charge is 0.668 e. The van der Waals surface area contributed by atoms with Crippen LogP contribution < -0.4 is 0 Å². The predicted molar refractivity (Wildman–Crippen MR) is 38.7 cm³/mol. The molecule has 0 aliphatic carbocycles. The molecule has 0 atom stereocenters. The topological polar surface area (TPSA) is 156 Å². The molecule has 0 bridgehead atoms. The van der Waals surface area contributed by atoms with Gasteiger partial charge in [-0.25, -0.2) is 0 Å². The van der Waals surface area contributed by atoms with Crippen LogP contribution in [-0.4, -0.2) is 63.1 Å². The van der Waals surface area contributed by atoms with Gasteiger partial charge in [0.1, 0.15) is 0 Å². The Hall–Kier alpha value is 2.17. The second-order valence-electron chi connectivity index (χ2n) is 1.05. The minimum absolute atomic E-state index is 0. The maximum absolute atomic E-state index is 8.74. The summed E-state index contributed by atoms with van der Waals surface area (Å²) in [6.07, 6.45) is 0. The van der Waals surface area contributed by atoms with Crippen molar-refractivity contribution in [3.8, 4) is 0 Å². The van der Waals surface area contributed by atoms with Gasteiger partial charge in [-0.1, -0.05) is 0 Å². The second kappa shape index (κ2) is 12.2. The molecule has 0 heterocycles. The summed E-state index contributed by atoms with van der Waals surface area (Å²) in [4.78, 5) is 29.3. The first-order valence-corrected chi connectivity index (χ1v) is 4.78. The predicted octanol–water partition coefficient (Wildman–Crippen LogP) is -4.45. The number of rotatable bonds is 0. The molecule has 0 aliphatic rings. The summed E-state index contributed by atoms with van der Waals surface area (Å²) in [5.74, 6) is 0. The van der Waals surface area contributed by atoms with E-state index in [1.165, 1.54) is 0 Å². The molecule has 0 aromatic carbocycles. The number of hydrogen-bond acceptors (Lipinski definition) is 6. The van der Waals surface area contributed by atoms with E-state index in [0.29, 0.717) is 0 Å². The molecule has 81 valence electrons. The molecule has 13 heteroatoms. The molecule has 0 aromatic rings. The molecule has 0 amide bonds. The first-order valence-electron chi connectivity index (χ1n) is 1.59. The second-order valence-corrected chi connectivity index (χ2v) is 3.14. The monoisotopic (exact) mass is 419 g/mol. The van der Waals surface area contributed by atoms with Crippen molar-refractivity contribution in [1.29, 1.82) is 0 Å². The van der Waals surface area contributed by atoms with E-state index in [1.54, 1.807) is 0 Å². The van der Waals surface area contributed by atoms with Gasteiger partial charge in [-0.05, 0) is 0 Å². The normalized spacial score (nSPS) is 9.08. The van der Waals surface area contributed by atoms with Crippen LogP contribution in [0.25, 0.3) is 0 Å². The van der Waals surface area contributed by atoms with Crippen LogP contribution in [-0.2, 0) is 27.5 Å². The van der Waals surface area contributed by atoms with Crippen molar-refractivity contribution < 1.29 is 89.4 Å². The minimum atomic E-state index is -4.67. The molecule has 0 fully saturated rings. The van der Waals surface area contributed by atoms with Crippen LogP contribution in [0.4, 0.5) is 0 Å². The van der Waals surface area contributed by atoms with Crippen LogP contribution in [0.1, 0.15) is 0 Å².